The first kappa shape index (κ1) is 21.4. The molecule has 164 valence electrons. The highest BCUT2D eigenvalue weighted by Gasteiger charge is 2.17. The van der Waals surface area contributed by atoms with Gasteiger partial charge in [-0.05, 0) is 42.8 Å². The molecule has 0 radical (unpaired) electrons. The van der Waals surface area contributed by atoms with E-state index in [4.69, 9.17) is 4.74 Å². The van der Waals surface area contributed by atoms with Crippen LogP contribution in [0, 0.1) is 6.92 Å². The maximum Gasteiger partial charge on any atom is 0.387 e. The number of nitrogens with zero attached hydrogens (tertiary/aromatic N) is 3. The molecule has 7 nitrogen and oxygen atoms in total. The van der Waals surface area contributed by atoms with Crippen molar-refractivity contribution >= 4 is 22.4 Å². The number of hydrogen-bond donors (Lipinski definition) is 1. The smallest absolute Gasteiger partial charge is 0.387 e. The van der Waals surface area contributed by atoms with E-state index in [-0.39, 0.29) is 11.4 Å². The number of nitrogens with one attached hydrogen (secondary N) is 1. The molecule has 2 heterocycles. The van der Waals surface area contributed by atoms with E-state index in [9.17, 15) is 13.6 Å². The summed E-state index contributed by atoms with van der Waals surface area (Å²) in [6.45, 7) is -0.999. The molecular formula is C22H18F2N4O3S. The number of rotatable bonds is 7. The quantitative estimate of drug-likeness (QED) is 0.415. The van der Waals surface area contributed by atoms with Gasteiger partial charge in [-0.1, -0.05) is 18.2 Å². The summed E-state index contributed by atoms with van der Waals surface area (Å²) in [4.78, 5) is 17.0. The zero-order valence-corrected chi connectivity index (χ0v) is 17.9. The first-order valence-electron chi connectivity index (χ1n) is 9.46. The first-order valence-corrected chi connectivity index (χ1v) is 10.3. The van der Waals surface area contributed by atoms with Crippen molar-refractivity contribution < 1.29 is 23.0 Å². The van der Waals surface area contributed by atoms with E-state index in [1.54, 1.807) is 47.6 Å². The van der Waals surface area contributed by atoms with Crippen LogP contribution in [0.25, 0.3) is 16.9 Å². The van der Waals surface area contributed by atoms with Crippen LogP contribution >= 0.6 is 11.3 Å². The van der Waals surface area contributed by atoms with Gasteiger partial charge in [-0.2, -0.15) is 13.9 Å². The average molecular weight is 456 g/mol. The van der Waals surface area contributed by atoms with E-state index in [0.717, 1.165) is 5.56 Å². The van der Waals surface area contributed by atoms with Crippen LogP contribution in [0.4, 0.5) is 13.9 Å². The molecule has 2 aromatic carbocycles. The molecule has 0 unspecified atom stereocenters. The predicted octanol–water partition coefficient (Wildman–Crippen LogP) is 5.17. The van der Waals surface area contributed by atoms with Crippen LogP contribution in [0.15, 0.2) is 60.1 Å². The number of carbonyl (C=O) groups excluding carboxylic acids is 1. The Balaban J connectivity index is 1.52. The Morgan fingerprint density at radius 3 is 2.75 bits per heavy atom. The molecule has 10 heteroatoms. The van der Waals surface area contributed by atoms with E-state index in [2.05, 4.69) is 20.1 Å². The van der Waals surface area contributed by atoms with E-state index in [1.807, 2.05) is 25.1 Å². The van der Waals surface area contributed by atoms with Gasteiger partial charge in [-0.15, -0.1) is 11.3 Å². The summed E-state index contributed by atoms with van der Waals surface area (Å²) in [6, 6.07) is 13.6. The largest absolute Gasteiger partial charge is 0.494 e. The monoisotopic (exact) mass is 456 g/mol. The third-order valence-electron chi connectivity index (χ3n) is 4.51. The number of amides is 1. The van der Waals surface area contributed by atoms with Crippen molar-refractivity contribution in [3.63, 3.8) is 0 Å². The van der Waals surface area contributed by atoms with Crippen LogP contribution < -0.4 is 14.8 Å². The Morgan fingerprint density at radius 2 is 1.97 bits per heavy atom. The molecular weight excluding hydrogens is 438 g/mol. The third kappa shape index (κ3) is 4.59. The Labute approximate surface area is 186 Å². The average Bonchev–Trinajstić information content (AvgIpc) is 3.44. The number of anilines is 1. The normalized spacial score (nSPS) is 10.9. The van der Waals surface area contributed by atoms with Crippen LogP contribution in [0.2, 0.25) is 0 Å². The summed E-state index contributed by atoms with van der Waals surface area (Å²) in [7, 11) is 1.57. The topological polar surface area (TPSA) is 78.3 Å². The number of aromatic nitrogens is 3. The Hall–Kier alpha value is -3.79. The fourth-order valence-corrected chi connectivity index (χ4v) is 3.76. The van der Waals surface area contributed by atoms with Gasteiger partial charge < -0.3 is 9.47 Å². The van der Waals surface area contributed by atoms with Gasteiger partial charge in [-0.25, -0.2) is 9.67 Å². The minimum absolute atomic E-state index is 0.0107. The number of halogens is 2. The molecule has 0 bridgehead atoms. The van der Waals surface area contributed by atoms with Crippen molar-refractivity contribution in [1.29, 1.82) is 0 Å². The first-order chi connectivity index (χ1) is 15.4. The van der Waals surface area contributed by atoms with Crippen LogP contribution in [0.1, 0.15) is 16.1 Å². The lowest BCUT2D eigenvalue weighted by Crippen LogP contribution is -2.13. The van der Waals surface area contributed by atoms with Gasteiger partial charge in [0.1, 0.15) is 17.2 Å². The highest BCUT2D eigenvalue weighted by atomic mass is 32.1. The lowest BCUT2D eigenvalue weighted by Gasteiger charge is -2.09. The van der Waals surface area contributed by atoms with E-state index >= 15 is 0 Å². The zero-order valence-electron chi connectivity index (χ0n) is 17.1. The lowest BCUT2D eigenvalue weighted by atomic mass is 10.1. The van der Waals surface area contributed by atoms with Crippen molar-refractivity contribution in [1.82, 2.24) is 14.8 Å². The van der Waals surface area contributed by atoms with Crippen LogP contribution in [0.5, 0.6) is 11.5 Å². The highest BCUT2D eigenvalue weighted by Crippen LogP contribution is 2.33. The van der Waals surface area contributed by atoms with E-state index in [0.29, 0.717) is 27.8 Å². The van der Waals surface area contributed by atoms with Crippen LogP contribution in [0.3, 0.4) is 0 Å². The molecule has 0 fully saturated rings. The summed E-state index contributed by atoms with van der Waals surface area (Å²) in [5.74, 6) is 0.185. The number of para-hydroxylation sites is 1. The van der Waals surface area contributed by atoms with Gasteiger partial charge in [0.05, 0.1) is 12.8 Å². The van der Waals surface area contributed by atoms with Crippen molar-refractivity contribution in [2.45, 2.75) is 13.5 Å². The molecule has 0 saturated heterocycles. The molecule has 32 heavy (non-hydrogen) atoms. The van der Waals surface area contributed by atoms with Crippen molar-refractivity contribution in [3.8, 4) is 28.4 Å². The molecule has 1 amide bonds. The van der Waals surface area contributed by atoms with Crippen LogP contribution in [-0.2, 0) is 0 Å². The number of methoxy groups -OCH3 is 1. The second kappa shape index (κ2) is 9.15. The van der Waals surface area contributed by atoms with Crippen molar-refractivity contribution in [2.24, 2.45) is 0 Å². The Bertz CT molecular complexity index is 1260. The lowest BCUT2D eigenvalue weighted by molar-refractivity contribution is -0.0494. The summed E-state index contributed by atoms with van der Waals surface area (Å²) in [5, 5.41) is 8.98. The zero-order chi connectivity index (χ0) is 22.7. The van der Waals surface area contributed by atoms with Crippen LogP contribution in [-0.4, -0.2) is 34.4 Å². The SMILES string of the molecule is COc1ccc(C)cc1-n1ccc(C(=O)Nc2nc(-c3ccccc3OC(F)F)cs2)n1. The number of carbonyl (C=O) groups is 1. The molecule has 4 rings (SSSR count). The van der Waals surface area contributed by atoms with Gasteiger partial charge in [0.25, 0.3) is 5.91 Å². The molecule has 0 atom stereocenters. The predicted molar refractivity (Wildman–Crippen MR) is 117 cm³/mol. The van der Waals surface area contributed by atoms with E-state index in [1.165, 1.54) is 17.4 Å². The molecule has 2 aromatic heterocycles. The number of alkyl halides is 2. The molecule has 0 saturated carbocycles. The number of hydrogen-bond acceptors (Lipinski definition) is 6. The fraction of sp³-hybridized carbons (Fsp3) is 0.136. The third-order valence-corrected chi connectivity index (χ3v) is 5.26. The molecule has 0 aliphatic heterocycles. The summed E-state index contributed by atoms with van der Waals surface area (Å²) >= 11 is 1.17. The molecule has 4 aromatic rings. The Morgan fingerprint density at radius 1 is 1.16 bits per heavy atom. The van der Waals surface area contributed by atoms with Gasteiger partial charge in [0.2, 0.25) is 0 Å². The number of benzene rings is 2. The fourth-order valence-electron chi connectivity index (χ4n) is 3.05. The maximum absolute atomic E-state index is 12.7. The summed E-state index contributed by atoms with van der Waals surface area (Å²) in [6.07, 6.45) is 1.66. The molecule has 0 aliphatic rings. The summed E-state index contributed by atoms with van der Waals surface area (Å²) < 4.78 is 36.8. The number of ether oxygens (including phenoxy) is 2. The standard InChI is InChI=1S/C22H18F2N4O3S/c1-13-7-8-19(30-2)17(11-13)28-10-9-15(27-28)20(29)26-22-25-16(12-32-22)14-5-3-4-6-18(14)31-21(23)24/h3-12,21H,1-2H3,(H,25,26,29). The van der Waals surface area contributed by atoms with Gasteiger partial charge in [0, 0.05) is 17.1 Å². The molecule has 0 spiro atoms. The van der Waals surface area contributed by atoms with E-state index < -0.39 is 12.5 Å². The molecule has 1 N–H and O–H groups in total. The summed E-state index contributed by atoms with van der Waals surface area (Å²) in [5.41, 5.74) is 2.73. The maximum atomic E-state index is 12.7. The van der Waals surface area contributed by atoms with Crippen molar-refractivity contribution in [3.05, 3.63) is 71.4 Å². The number of aryl methyl sites for hydroxylation is 1. The highest BCUT2D eigenvalue weighted by molar-refractivity contribution is 7.14. The second-order valence-electron chi connectivity index (χ2n) is 6.69. The Kier molecular flexibility index (Phi) is 6.13. The number of thiazole rings is 1. The van der Waals surface area contributed by atoms with Gasteiger partial charge in [0.15, 0.2) is 10.8 Å². The van der Waals surface area contributed by atoms with Crippen molar-refractivity contribution in [2.75, 3.05) is 12.4 Å². The minimum Gasteiger partial charge on any atom is -0.494 e. The minimum atomic E-state index is -2.95. The second-order valence-corrected chi connectivity index (χ2v) is 7.55. The van der Waals surface area contributed by atoms with Gasteiger partial charge in [-0.3, -0.25) is 10.1 Å². The van der Waals surface area contributed by atoms with Gasteiger partial charge >= 0.3 is 6.61 Å². The molecule has 0 aliphatic carbocycles.